The van der Waals surface area contributed by atoms with Crippen LogP contribution in [0.2, 0.25) is 0 Å². The summed E-state index contributed by atoms with van der Waals surface area (Å²) in [5, 5.41) is 11.3. The van der Waals surface area contributed by atoms with Gasteiger partial charge in [-0.1, -0.05) is 0 Å². The van der Waals surface area contributed by atoms with Gasteiger partial charge >= 0.3 is 0 Å². The van der Waals surface area contributed by atoms with Crippen LogP contribution in [-0.2, 0) is 4.74 Å². The first-order valence-electron chi connectivity index (χ1n) is 8.94. The molecule has 1 aliphatic heterocycles. The van der Waals surface area contributed by atoms with Gasteiger partial charge in [0.2, 0.25) is 5.95 Å². The molecule has 0 aliphatic carbocycles. The van der Waals surface area contributed by atoms with Crippen molar-refractivity contribution in [2.45, 2.75) is 17.1 Å². The number of nitrogens with one attached hydrogen (secondary N) is 1. The smallest absolute Gasteiger partial charge is 0.227 e. The number of ether oxygens (including phenoxy) is 2. The minimum absolute atomic E-state index is 0.101. The maximum absolute atomic E-state index is 5.77. The molecule has 0 bridgehead atoms. The number of rotatable bonds is 5. The molecular weight excluding hydrogens is 487 g/mol. The Bertz CT molecular complexity index is 964. The first kappa shape index (κ1) is 19.6. The van der Waals surface area contributed by atoms with Gasteiger partial charge in [-0.15, -0.1) is 5.10 Å². The van der Waals surface area contributed by atoms with Crippen LogP contribution < -0.4 is 15.0 Å². The largest absolute Gasteiger partial charge is 0.494 e. The maximum atomic E-state index is 5.77. The van der Waals surface area contributed by atoms with Crippen LogP contribution in [0.1, 0.15) is 6.92 Å². The molecule has 0 aromatic carbocycles. The number of halogens is 1. The topological polar surface area (TPSA) is 111 Å². The molecule has 0 radical (unpaired) electrons. The third kappa shape index (κ3) is 4.85. The second-order valence-corrected chi connectivity index (χ2v) is 7.79. The molecule has 0 unspecified atom stereocenters. The highest BCUT2D eigenvalue weighted by molar-refractivity contribution is 14.1. The van der Waals surface area contributed by atoms with E-state index in [1.807, 2.05) is 13.0 Å². The predicted octanol–water partition coefficient (Wildman–Crippen LogP) is 2.46. The third-order valence-corrected chi connectivity index (χ3v) is 4.87. The summed E-state index contributed by atoms with van der Waals surface area (Å²) in [7, 11) is 1.57. The van der Waals surface area contributed by atoms with Crippen molar-refractivity contribution in [1.82, 2.24) is 30.1 Å². The van der Waals surface area contributed by atoms with Crippen molar-refractivity contribution in [1.29, 1.82) is 0 Å². The van der Waals surface area contributed by atoms with Gasteiger partial charge in [0.05, 0.1) is 38.3 Å². The van der Waals surface area contributed by atoms with Crippen LogP contribution in [0.3, 0.4) is 0 Å². The summed E-state index contributed by atoms with van der Waals surface area (Å²) in [6.45, 7) is 3.52. The van der Waals surface area contributed by atoms with E-state index in [0.717, 1.165) is 18.7 Å². The lowest BCUT2D eigenvalue weighted by atomic mass is 10.3. The summed E-state index contributed by atoms with van der Waals surface area (Å²) >= 11 is 2.28. The molecule has 1 N–H and O–H groups in total. The molecule has 3 aromatic rings. The van der Waals surface area contributed by atoms with Gasteiger partial charge in [-0.05, 0) is 41.6 Å². The zero-order valence-corrected chi connectivity index (χ0v) is 18.0. The molecule has 4 heterocycles. The molecule has 11 heteroatoms. The van der Waals surface area contributed by atoms with E-state index in [0.29, 0.717) is 29.2 Å². The van der Waals surface area contributed by atoms with E-state index in [4.69, 9.17) is 9.47 Å². The average Bonchev–Trinajstić information content (AvgIpc) is 2.73. The lowest BCUT2D eigenvalue weighted by molar-refractivity contribution is 0.0411. The molecule has 4 rings (SSSR count). The molecule has 0 spiro atoms. The highest BCUT2D eigenvalue weighted by Gasteiger charge is 2.25. The van der Waals surface area contributed by atoms with Crippen molar-refractivity contribution in [3.05, 3.63) is 36.9 Å². The van der Waals surface area contributed by atoms with Gasteiger partial charge in [-0.3, -0.25) is 0 Å². The second-order valence-electron chi connectivity index (χ2n) is 6.40. The van der Waals surface area contributed by atoms with Gasteiger partial charge < -0.3 is 19.7 Å². The van der Waals surface area contributed by atoms with E-state index in [2.05, 4.69) is 62.9 Å². The molecule has 10 nitrogen and oxygen atoms in total. The van der Waals surface area contributed by atoms with E-state index in [9.17, 15) is 0 Å². The number of methoxy groups -OCH3 is 1. The SMILES string of the molecule is COc1cnc(-c2cnnc(Nc3ccnc(N4C[C@@H](C)O[C@@H](I)C4)n3)c2)nc1. The van der Waals surface area contributed by atoms with Crippen molar-refractivity contribution in [3.63, 3.8) is 0 Å². The standard InChI is InChI=1S/C18H19IN8O2/c1-11-9-27(10-14(19)29-11)18-20-4-3-15(25-18)24-16-5-12(6-23-26-16)17-21-7-13(28-2)8-22-17/h3-8,11,14H,9-10H2,1-2H3,(H,20,24,25,26)/t11-,14-/m1/s1. The normalized spacial score (nSPS) is 19.1. The fourth-order valence-electron chi connectivity index (χ4n) is 2.88. The van der Waals surface area contributed by atoms with Crippen LogP contribution in [0.4, 0.5) is 17.6 Å². The van der Waals surface area contributed by atoms with Crippen molar-refractivity contribution >= 4 is 40.2 Å². The Morgan fingerprint density at radius 1 is 1.17 bits per heavy atom. The Kier molecular flexibility index (Phi) is 5.94. The number of hydrogen-bond acceptors (Lipinski definition) is 10. The van der Waals surface area contributed by atoms with Crippen LogP contribution >= 0.6 is 22.6 Å². The zero-order valence-electron chi connectivity index (χ0n) is 15.9. The van der Waals surface area contributed by atoms with Crippen LogP contribution in [0.5, 0.6) is 5.75 Å². The molecule has 150 valence electrons. The van der Waals surface area contributed by atoms with E-state index in [-0.39, 0.29) is 10.2 Å². The molecule has 2 atom stereocenters. The zero-order chi connectivity index (χ0) is 20.2. The highest BCUT2D eigenvalue weighted by Crippen LogP contribution is 2.23. The third-order valence-electron chi connectivity index (χ3n) is 4.18. The average molecular weight is 506 g/mol. The van der Waals surface area contributed by atoms with Crippen LogP contribution in [0, 0.1) is 0 Å². The number of hydrogen-bond donors (Lipinski definition) is 1. The summed E-state index contributed by atoms with van der Waals surface area (Å²) in [6.07, 6.45) is 6.66. The summed E-state index contributed by atoms with van der Waals surface area (Å²) in [5.74, 6) is 2.93. The first-order valence-corrected chi connectivity index (χ1v) is 10.2. The highest BCUT2D eigenvalue weighted by atomic mass is 127. The number of morpholine rings is 1. The monoisotopic (exact) mass is 506 g/mol. The van der Waals surface area contributed by atoms with E-state index in [1.54, 1.807) is 38.0 Å². The molecule has 1 saturated heterocycles. The molecule has 3 aromatic heterocycles. The number of nitrogens with zero attached hydrogens (tertiary/aromatic N) is 7. The molecular formula is C18H19IN8O2. The summed E-state index contributed by atoms with van der Waals surface area (Å²) in [4.78, 5) is 19.7. The predicted molar refractivity (Wildman–Crippen MR) is 115 cm³/mol. The number of alkyl halides is 1. The summed E-state index contributed by atoms with van der Waals surface area (Å²) in [6, 6.07) is 3.60. The van der Waals surface area contributed by atoms with Gasteiger partial charge in [0, 0.05) is 18.3 Å². The molecule has 29 heavy (non-hydrogen) atoms. The van der Waals surface area contributed by atoms with Gasteiger partial charge in [-0.25, -0.2) is 15.0 Å². The van der Waals surface area contributed by atoms with Crippen LogP contribution in [0.15, 0.2) is 36.9 Å². The first-order chi connectivity index (χ1) is 14.1. The summed E-state index contributed by atoms with van der Waals surface area (Å²) in [5.41, 5.74) is 0.731. The molecule has 0 saturated carbocycles. The second kappa shape index (κ2) is 8.78. The quantitative estimate of drug-likeness (QED) is 0.409. The van der Waals surface area contributed by atoms with E-state index >= 15 is 0 Å². The Labute approximate surface area is 181 Å². The Hall–Kier alpha value is -2.67. The van der Waals surface area contributed by atoms with Gasteiger partial charge in [0.25, 0.3) is 0 Å². The lowest BCUT2D eigenvalue weighted by Gasteiger charge is -2.34. The minimum atomic E-state index is 0.101. The minimum Gasteiger partial charge on any atom is -0.494 e. The Balaban J connectivity index is 1.52. The van der Waals surface area contributed by atoms with Crippen LogP contribution in [-0.4, -0.2) is 60.5 Å². The fraction of sp³-hybridized carbons (Fsp3) is 0.333. The number of aromatic nitrogens is 6. The molecule has 0 amide bonds. The van der Waals surface area contributed by atoms with Gasteiger partial charge in [-0.2, -0.15) is 10.1 Å². The fourth-order valence-corrected chi connectivity index (χ4v) is 3.86. The van der Waals surface area contributed by atoms with E-state index in [1.165, 1.54) is 0 Å². The van der Waals surface area contributed by atoms with Crippen molar-refractivity contribution in [2.24, 2.45) is 0 Å². The van der Waals surface area contributed by atoms with Gasteiger partial charge in [0.15, 0.2) is 17.4 Å². The van der Waals surface area contributed by atoms with E-state index < -0.39 is 0 Å². The van der Waals surface area contributed by atoms with Gasteiger partial charge in [0.1, 0.15) is 9.93 Å². The Morgan fingerprint density at radius 3 is 2.76 bits per heavy atom. The molecule has 1 fully saturated rings. The number of anilines is 3. The summed E-state index contributed by atoms with van der Waals surface area (Å²) < 4.78 is 11.0. The Morgan fingerprint density at radius 2 is 2.00 bits per heavy atom. The van der Waals surface area contributed by atoms with Crippen LogP contribution in [0.25, 0.3) is 11.4 Å². The van der Waals surface area contributed by atoms with Crippen molar-refractivity contribution in [2.75, 3.05) is 30.4 Å². The van der Waals surface area contributed by atoms with Crippen molar-refractivity contribution in [3.8, 4) is 17.1 Å². The molecule has 1 aliphatic rings. The maximum Gasteiger partial charge on any atom is 0.227 e. The lowest BCUT2D eigenvalue weighted by Crippen LogP contribution is -2.45. The van der Waals surface area contributed by atoms with Crippen molar-refractivity contribution < 1.29 is 9.47 Å².